The number of aryl methyl sites for hydroxylation is 1. The van der Waals surface area contributed by atoms with Gasteiger partial charge in [0.25, 0.3) is 21.5 Å². The number of fused-ring (bicyclic) bond motifs is 1. The number of para-hydroxylation sites is 1. The number of sulfonamides is 1. The van der Waals surface area contributed by atoms with E-state index in [0.29, 0.717) is 84.8 Å². The van der Waals surface area contributed by atoms with Crippen molar-refractivity contribution in [2.45, 2.75) is 49.0 Å². The van der Waals surface area contributed by atoms with Crippen molar-refractivity contribution >= 4 is 38.5 Å². The third-order valence-electron chi connectivity index (χ3n) is 11.5. The number of ether oxygens (including phenoxy) is 3. The fourth-order valence-electron chi connectivity index (χ4n) is 7.78. The van der Waals surface area contributed by atoms with Gasteiger partial charge < -0.3 is 19.5 Å². The first kappa shape index (κ1) is 44.0. The molecular weight excluding hydrogens is 851 g/mol. The molecule has 0 radical (unpaired) electrons. The molecule has 4 heterocycles. The van der Waals surface area contributed by atoms with Gasteiger partial charge in [-0.25, -0.2) is 41.3 Å². The Bertz CT molecular complexity index is 2920. The molecule has 0 aliphatic carbocycles. The van der Waals surface area contributed by atoms with Gasteiger partial charge in [-0.3, -0.25) is 18.9 Å². The SMILES string of the molecule is Cn1c(=O)n(-c2ccc(C[C@H](NC(=O)c3cc(F)c(NS(=O)(=O)c4ccc(-c5cnc(C6CCOCC6)nc5)cc4)cc3F)C(=O)OCC3CCOCC3)cc2)c(=O)c2ccccc21. The van der Waals surface area contributed by atoms with E-state index in [1.54, 1.807) is 68.0 Å². The molecular formula is C46H44F2N6O9S. The molecule has 64 heavy (non-hydrogen) atoms. The molecule has 1 amide bonds. The number of amides is 1. The van der Waals surface area contributed by atoms with E-state index >= 15 is 8.78 Å². The first-order chi connectivity index (χ1) is 30.9. The van der Waals surface area contributed by atoms with E-state index in [4.69, 9.17) is 14.2 Å². The van der Waals surface area contributed by atoms with Crippen molar-refractivity contribution in [3.8, 4) is 16.8 Å². The van der Waals surface area contributed by atoms with Gasteiger partial charge in [0.2, 0.25) is 0 Å². The van der Waals surface area contributed by atoms with Gasteiger partial charge in [-0.15, -0.1) is 0 Å². The van der Waals surface area contributed by atoms with Crippen molar-refractivity contribution in [1.82, 2.24) is 24.4 Å². The second-order valence-electron chi connectivity index (χ2n) is 15.7. The van der Waals surface area contributed by atoms with Crippen LogP contribution in [0.4, 0.5) is 14.5 Å². The van der Waals surface area contributed by atoms with Gasteiger partial charge in [0.15, 0.2) is 0 Å². The van der Waals surface area contributed by atoms with Crippen molar-refractivity contribution < 1.29 is 41.0 Å². The highest BCUT2D eigenvalue weighted by Crippen LogP contribution is 2.28. The summed E-state index contributed by atoms with van der Waals surface area (Å²) in [5, 5.41) is 2.79. The van der Waals surface area contributed by atoms with Crippen LogP contribution >= 0.6 is 0 Å². The Morgan fingerprint density at radius 2 is 1.50 bits per heavy atom. The zero-order valence-corrected chi connectivity index (χ0v) is 35.5. The highest BCUT2D eigenvalue weighted by Gasteiger charge is 2.28. The van der Waals surface area contributed by atoms with E-state index in [1.165, 1.54) is 28.8 Å². The predicted octanol–water partition coefficient (Wildman–Crippen LogP) is 5.43. The molecule has 2 N–H and O–H groups in total. The monoisotopic (exact) mass is 894 g/mol. The fourth-order valence-corrected chi connectivity index (χ4v) is 8.84. The van der Waals surface area contributed by atoms with Gasteiger partial charge in [0.05, 0.1) is 39.3 Å². The van der Waals surface area contributed by atoms with Gasteiger partial charge >= 0.3 is 11.7 Å². The lowest BCUT2D eigenvalue weighted by molar-refractivity contribution is -0.148. The molecule has 1 atom stereocenters. The smallest absolute Gasteiger partial charge is 0.335 e. The van der Waals surface area contributed by atoms with E-state index < -0.39 is 62.1 Å². The molecule has 0 spiro atoms. The van der Waals surface area contributed by atoms with Crippen LogP contribution in [0.2, 0.25) is 0 Å². The number of benzene rings is 4. The maximum absolute atomic E-state index is 15.6. The van der Waals surface area contributed by atoms with Crippen LogP contribution in [0.25, 0.3) is 27.7 Å². The summed E-state index contributed by atoms with van der Waals surface area (Å²) in [6.45, 7) is 2.35. The van der Waals surface area contributed by atoms with Crippen molar-refractivity contribution in [2.75, 3.05) is 37.8 Å². The lowest BCUT2D eigenvalue weighted by atomic mass is 9.99. The number of hydrogen-bond donors (Lipinski definition) is 2. The molecule has 0 saturated carbocycles. The lowest BCUT2D eigenvalue weighted by Gasteiger charge is -2.23. The number of carbonyl (C=O) groups excluding carboxylic acids is 2. The summed E-state index contributed by atoms with van der Waals surface area (Å²) in [7, 11) is -2.88. The van der Waals surface area contributed by atoms with Gasteiger partial charge in [-0.2, -0.15) is 0 Å². The molecule has 8 rings (SSSR count). The van der Waals surface area contributed by atoms with Crippen LogP contribution in [0.3, 0.4) is 0 Å². The van der Waals surface area contributed by atoms with Crippen molar-refractivity contribution in [3.63, 3.8) is 0 Å². The molecule has 18 heteroatoms. The summed E-state index contributed by atoms with van der Waals surface area (Å²) in [4.78, 5) is 62.5. The topological polar surface area (TPSA) is 190 Å². The molecule has 2 aliphatic heterocycles. The first-order valence-corrected chi connectivity index (χ1v) is 22.2. The molecule has 2 aliphatic rings. The van der Waals surface area contributed by atoms with Crippen molar-refractivity contribution in [2.24, 2.45) is 13.0 Å². The minimum Gasteiger partial charge on any atom is -0.464 e. The predicted molar refractivity (Wildman–Crippen MR) is 232 cm³/mol. The van der Waals surface area contributed by atoms with Gasteiger partial charge in [-0.1, -0.05) is 36.4 Å². The zero-order valence-electron chi connectivity index (χ0n) is 34.7. The number of aromatic nitrogens is 4. The van der Waals surface area contributed by atoms with Gasteiger partial charge in [-0.05, 0) is 85.2 Å². The average molecular weight is 895 g/mol. The van der Waals surface area contributed by atoms with Crippen LogP contribution < -0.4 is 21.3 Å². The quantitative estimate of drug-likeness (QED) is 0.141. The second-order valence-corrected chi connectivity index (χ2v) is 17.4. The number of anilines is 1. The molecule has 0 unspecified atom stereocenters. The number of nitrogens with zero attached hydrogens (tertiary/aromatic N) is 4. The Balaban J connectivity index is 0.974. The summed E-state index contributed by atoms with van der Waals surface area (Å²) in [5.41, 5.74) is -0.129. The third-order valence-corrected chi connectivity index (χ3v) is 12.9. The van der Waals surface area contributed by atoms with Crippen molar-refractivity contribution in [3.05, 3.63) is 147 Å². The normalized spacial score (nSPS) is 15.4. The number of nitrogens with one attached hydrogen (secondary N) is 2. The summed E-state index contributed by atoms with van der Waals surface area (Å²) in [6, 6.07) is 18.3. The molecule has 15 nitrogen and oxygen atoms in total. The van der Waals surface area contributed by atoms with Crippen molar-refractivity contribution in [1.29, 1.82) is 0 Å². The van der Waals surface area contributed by atoms with E-state index in [-0.39, 0.29) is 35.4 Å². The van der Waals surface area contributed by atoms with Crippen LogP contribution in [0.5, 0.6) is 0 Å². The number of carbonyl (C=O) groups is 2. The maximum atomic E-state index is 15.6. The van der Waals surface area contributed by atoms with Crippen LogP contribution in [0.15, 0.2) is 112 Å². The summed E-state index contributed by atoms with van der Waals surface area (Å²) >= 11 is 0. The number of esters is 1. The average Bonchev–Trinajstić information content (AvgIpc) is 3.32. The minimum absolute atomic E-state index is 0.0197. The highest BCUT2D eigenvalue weighted by molar-refractivity contribution is 7.92. The van der Waals surface area contributed by atoms with Gasteiger partial charge in [0, 0.05) is 69.8 Å². The van der Waals surface area contributed by atoms with E-state index in [9.17, 15) is 27.6 Å². The molecule has 6 aromatic rings. The highest BCUT2D eigenvalue weighted by atomic mass is 32.2. The van der Waals surface area contributed by atoms with E-state index in [0.717, 1.165) is 17.4 Å². The van der Waals surface area contributed by atoms with E-state index in [1.807, 2.05) is 0 Å². The molecule has 2 saturated heterocycles. The first-order valence-electron chi connectivity index (χ1n) is 20.7. The molecule has 332 valence electrons. The summed E-state index contributed by atoms with van der Waals surface area (Å²) in [5.74, 6) is -3.58. The Hall–Kier alpha value is -6.63. The number of hydrogen-bond acceptors (Lipinski definition) is 11. The van der Waals surface area contributed by atoms with Gasteiger partial charge in [0.1, 0.15) is 23.5 Å². The zero-order chi connectivity index (χ0) is 45.0. The maximum Gasteiger partial charge on any atom is 0.335 e. The van der Waals surface area contributed by atoms with Crippen LogP contribution in [0, 0.1) is 17.6 Å². The molecule has 2 aromatic heterocycles. The molecule has 2 fully saturated rings. The minimum atomic E-state index is -4.43. The third kappa shape index (κ3) is 9.63. The van der Waals surface area contributed by atoms with Crippen LogP contribution in [-0.4, -0.2) is 78.5 Å². The largest absolute Gasteiger partial charge is 0.464 e. The second kappa shape index (κ2) is 19.0. The Labute approximate surface area is 366 Å². The Morgan fingerprint density at radius 3 is 2.19 bits per heavy atom. The molecule has 4 aromatic carbocycles. The number of halogens is 2. The van der Waals surface area contributed by atoms with Crippen LogP contribution in [-0.2, 0) is 42.5 Å². The van der Waals surface area contributed by atoms with Crippen LogP contribution in [0.1, 0.15) is 53.3 Å². The lowest BCUT2D eigenvalue weighted by Crippen LogP contribution is -2.44. The summed E-state index contributed by atoms with van der Waals surface area (Å²) in [6.07, 6.45) is 6.13. The molecule has 0 bridgehead atoms. The standard InChI is InChI=1S/C46H44F2N6O9S/c1-53-41-5-3-2-4-35(41)44(56)54(46(53)58)33-10-6-28(7-11-33)22-40(45(57)63-27-29-14-18-61-19-15-29)51-43(55)36-23-38(48)39(24-37(36)47)52-64(59,60)34-12-8-30(9-13-34)32-25-49-42(50-26-32)31-16-20-62-21-17-31/h2-13,23-26,29,31,40,52H,14-22,27H2,1H3,(H,51,55)/t40-/m0/s1. The number of rotatable bonds is 13. The Morgan fingerprint density at radius 1 is 0.844 bits per heavy atom. The summed E-state index contributed by atoms with van der Waals surface area (Å²) < 4.78 is 78.7. The Kier molecular flexibility index (Phi) is 13.1. The van der Waals surface area contributed by atoms with E-state index in [2.05, 4.69) is 20.0 Å². The fraction of sp³-hybridized carbons (Fsp3) is 0.304.